The Morgan fingerprint density at radius 1 is 1.29 bits per heavy atom. The van der Waals surface area contributed by atoms with Gasteiger partial charge in [-0.15, -0.1) is 0 Å². The maximum absolute atomic E-state index is 5.73. The summed E-state index contributed by atoms with van der Waals surface area (Å²) in [4.78, 5) is 0. The molecule has 0 radical (unpaired) electrons. The molecule has 0 saturated carbocycles. The molecule has 0 spiro atoms. The number of rotatable bonds is 6. The molecule has 1 rings (SSSR count). The van der Waals surface area contributed by atoms with Crippen LogP contribution in [-0.4, -0.2) is 38.5 Å². The highest BCUT2D eigenvalue weighted by Crippen LogP contribution is 2.11. The van der Waals surface area contributed by atoms with Crippen molar-refractivity contribution in [1.29, 1.82) is 0 Å². The van der Waals surface area contributed by atoms with Gasteiger partial charge in [0.05, 0.1) is 19.3 Å². The Morgan fingerprint density at radius 2 is 2.14 bits per heavy atom. The van der Waals surface area contributed by atoms with Crippen LogP contribution in [-0.2, 0) is 9.47 Å². The standard InChI is InChI=1S/C11H23NO2/c1-3-6-13-7-8-14-11-4-5-12-10(2)9-11/h10-12H,3-9H2,1-2H3. The van der Waals surface area contributed by atoms with E-state index < -0.39 is 0 Å². The average Bonchev–Trinajstić information content (AvgIpc) is 2.18. The maximum atomic E-state index is 5.73. The quantitative estimate of drug-likeness (QED) is 0.662. The lowest BCUT2D eigenvalue weighted by molar-refractivity contribution is -0.0126. The summed E-state index contributed by atoms with van der Waals surface area (Å²) in [5.74, 6) is 0. The van der Waals surface area contributed by atoms with Gasteiger partial charge in [-0.3, -0.25) is 0 Å². The third-order valence-corrected chi connectivity index (χ3v) is 2.51. The van der Waals surface area contributed by atoms with Crippen LogP contribution < -0.4 is 5.32 Å². The van der Waals surface area contributed by atoms with Crippen molar-refractivity contribution in [3.63, 3.8) is 0 Å². The zero-order valence-electron chi connectivity index (χ0n) is 9.42. The van der Waals surface area contributed by atoms with E-state index in [-0.39, 0.29) is 0 Å². The van der Waals surface area contributed by atoms with Crippen LogP contribution >= 0.6 is 0 Å². The number of hydrogen-bond acceptors (Lipinski definition) is 3. The first-order valence-corrected chi connectivity index (χ1v) is 5.75. The molecule has 1 aliphatic heterocycles. The molecule has 0 aromatic carbocycles. The Kier molecular flexibility index (Phi) is 6.15. The fourth-order valence-electron chi connectivity index (χ4n) is 1.76. The Morgan fingerprint density at radius 3 is 2.86 bits per heavy atom. The van der Waals surface area contributed by atoms with Gasteiger partial charge in [0.1, 0.15) is 0 Å². The molecule has 0 aliphatic carbocycles. The van der Waals surface area contributed by atoms with Crippen LogP contribution in [0.1, 0.15) is 33.1 Å². The Bertz CT molecular complexity index is 141. The van der Waals surface area contributed by atoms with E-state index in [4.69, 9.17) is 9.47 Å². The van der Waals surface area contributed by atoms with Crippen molar-refractivity contribution in [3.8, 4) is 0 Å². The molecule has 0 amide bonds. The molecule has 0 aromatic rings. The monoisotopic (exact) mass is 201 g/mol. The minimum absolute atomic E-state index is 0.441. The van der Waals surface area contributed by atoms with Gasteiger partial charge < -0.3 is 14.8 Å². The molecule has 0 aromatic heterocycles. The zero-order valence-corrected chi connectivity index (χ0v) is 9.42. The first-order chi connectivity index (χ1) is 6.83. The molecule has 2 unspecified atom stereocenters. The number of ether oxygens (including phenoxy) is 2. The van der Waals surface area contributed by atoms with Crippen LogP contribution in [0.4, 0.5) is 0 Å². The molecular formula is C11H23NO2. The lowest BCUT2D eigenvalue weighted by atomic mass is 10.0. The maximum Gasteiger partial charge on any atom is 0.0704 e. The van der Waals surface area contributed by atoms with Gasteiger partial charge in [0.25, 0.3) is 0 Å². The minimum atomic E-state index is 0.441. The van der Waals surface area contributed by atoms with Crippen molar-refractivity contribution >= 4 is 0 Å². The summed E-state index contributed by atoms with van der Waals surface area (Å²) in [6, 6.07) is 0.602. The van der Waals surface area contributed by atoms with Gasteiger partial charge in [0.15, 0.2) is 0 Å². The number of hydrogen-bond donors (Lipinski definition) is 1. The third-order valence-electron chi connectivity index (χ3n) is 2.51. The molecule has 3 heteroatoms. The van der Waals surface area contributed by atoms with E-state index >= 15 is 0 Å². The average molecular weight is 201 g/mol. The highest BCUT2D eigenvalue weighted by atomic mass is 16.5. The molecule has 1 fully saturated rings. The van der Waals surface area contributed by atoms with E-state index in [1.54, 1.807) is 0 Å². The van der Waals surface area contributed by atoms with Crippen LogP contribution in [0, 0.1) is 0 Å². The summed E-state index contributed by atoms with van der Waals surface area (Å²) in [7, 11) is 0. The molecule has 1 saturated heterocycles. The van der Waals surface area contributed by atoms with Crippen LogP contribution in [0.5, 0.6) is 0 Å². The summed E-state index contributed by atoms with van der Waals surface area (Å²) in [5.41, 5.74) is 0. The van der Waals surface area contributed by atoms with Crippen LogP contribution in [0.25, 0.3) is 0 Å². The van der Waals surface area contributed by atoms with E-state index in [0.29, 0.717) is 12.1 Å². The fraction of sp³-hybridized carbons (Fsp3) is 1.00. The summed E-state index contributed by atoms with van der Waals surface area (Å²) in [5, 5.41) is 3.41. The minimum Gasteiger partial charge on any atom is -0.379 e. The molecule has 84 valence electrons. The Balaban J connectivity index is 1.95. The van der Waals surface area contributed by atoms with Gasteiger partial charge in [0.2, 0.25) is 0 Å². The third kappa shape index (κ3) is 4.94. The number of piperidine rings is 1. The van der Waals surface area contributed by atoms with Crippen molar-refractivity contribution in [1.82, 2.24) is 5.32 Å². The second-order valence-corrected chi connectivity index (χ2v) is 3.98. The van der Waals surface area contributed by atoms with E-state index in [1.807, 2.05) is 0 Å². The van der Waals surface area contributed by atoms with Gasteiger partial charge in [-0.25, -0.2) is 0 Å². The molecular weight excluding hydrogens is 178 g/mol. The summed E-state index contributed by atoms with van der Waals surface area (Å²) in [6.45, 7) is 7.76. The van der Waals surface area contributed by atoms with Gasteiger partial charge in [-0.1, -0.05) is 6.92 Å². The normalized spacial score (nSPS) is 27.9. The zero-order chi connectivity index (χ0) is 10.2. The highest BCUT2D eigenvalue weighted by Gasteiger charge is 2.18. The lowest BCUT2D eigenvalue weighted by Gasteiger charge is -2.27. The second-order valence-electron chi connectivity index (χ2n) is 3.98. The fourth-order valence-corrected chi connectivity index (χ4v) is 1.76. The van der Waals surface area contributed by atoms with Crippen molar-refractivity contribution < 1.29 is 9.47 Å². The molecule has 2 atom stereocenters. The van der Waals surface area contributed by atoms with E-state index in [1.165, 1.54) is 0 Å². The van der Waals surface area contributed by atoms with Crippen LogP contribution in [0.2, 0.25) is 0 Å². The van der Waals surface area contributed by atoms with Gasteiger partial charge in [-0.05, 0) is 32.7 Å². The molecule has 14 heavy (non-hydrogen) atoms. The van der Waals surface area contributed by atoms with Gasteiger partial charge >= 0.3 is 0 Å². The van der Waals surface area contributed by atoms with E-state index in [0.717, 1.165) is 45.6 Å². The van der Waals surface area contributed by atoms with Gasteiger partial charge in [0, 0.05) is 12.6 Å². The largest absolute Gasteiger partial charge is 0.379 e. The molecule has 3 nitrogen and oxygen atoms in total. The summed E-state index contributed by atoms with van der Waals surface area (Å²) < 4.78 is 11.1. The van der Waals surface area contributed by atoms with Crippen molar-refractivity contribution in [2.45, 2.75) is 45.3 Å². The molecule has 1 heterocycles. The first kappa shape index (κ1) is 12.0. The lowest BCUT2D eigenvalue weighted by Crippen LogP contribution is -2.39. The SMILES string of the molecule is CCCOCCOC1CCNC(C)C1. The van der Waals surface area contributed by atoms with Crippen molar-refractivity contribution in [3.05, 3.63) is 0 Å². The molecule has 1 N–H and O–H groups in total. The van der Waals surface area contributed by atoms with E-state index in [2.05, 4.69) is 19.2 Å². The topological polar surface area (TPSA) is 30.5 Å². The first-order valence-electron chi connectivity index (χ1n) is 5.75. The number of nitrogens with one attached hydrogen (secondary N) is 1. The Labute approximate surface area is 87.2 Å². The Hall–Kier alpha value is -0.120. The molecule has 0 bridgehead atoms. The predicted molar refractivity (Wildman–Crippen MR) is 57.5 cm³/mol. The van der Waals surface area contributed by atoms with Crippen LogP contribution in [0.3, 0.4) is 0 Å². The second kappa shape index (κ2) is 7.21. The van der Waals surface area contributed by atoms with Crippen molar-refractivity contribution in [2.75, 3.05) is 26.4 Å². The van der Waals surface area contributed by atoms with Gasteiger partial charge in [-0.2, -0.15) is 0 Å². The van der Waals surface area contributed by atoms with E-state index in [9.17, 15) is 0 Å². The summed E-state index contributed by atoms with van der Waals surface area (Å²) in [6.07, 6.45) is 3.80. The van der Waals surface area contributed by atoms with Crippen molar-refractivity contribution in [2.24, 2.45) is 0 Å². The van der Waals surface area contributed by atoms with Crippen LogP contribution in [0.15, 0.2) is 0 Å². The highest BCUT2D eigenvalue weighted by molar-refractivity contribution is 4.75. The summed E-state index contributed by atoms with van der Waals surface area (Å²) >= 11 is 0. The predicted octanol–water partition coefficient (Wildman–Crippen LogP) is 1.57. The smallest absolute Gasteiger partial charge is 0.0704 e. The molecule has 1 aliphatic rings.